The minimum Gasteiger partial charge on any atom is -0.446 e. The molecule has 0 bridgehead atoms. The van der Waals surface area contributed by atoms with E-state index < -0.39 is 17.6 Å². The number of alkyl carbamates (subject to hydrolysis) is 2. The van der Waals surface area contributed by atoms with Crippen molar-refractivity contribution in [3.05, 3.63) is 0 Å². The van der Waals surface area contributed by atoms with Gasteiger partial charge in [0.2, 0.25) is 0 Å². The van der Waals surface area contributed by atoms with Gasteiger partial charge in [-0.25, -0.2) is 9.59 Å². The number of hydrogen-bond acceptors (Lipinski definition) is 6. The van der Waals surface area contributed by atoms with Crippen LogP contribution in [0.3, 0.4) is 0 Å². The summed E-state index contributed by atoms with van der Waals surface area (Å²) in [6, 6.07) is -0.576. The van der Waals surface area contributed by atoms with Crippen LogP contribution in [0.2, 0.25) is 0 Å². The molecule has 0 aromatic carbocycles. The molecule has 1 fully saturated rings. The highest BCUT2D eigenvalue weighted by Gasteiger charge is 2.66. The number of rotatable bonds is 10. The average Bonchev–Trinajstić information content (AvgIpc) is 2.73. The van der Waals surface area contributed by atoms with Gasteiger partial charge in [0.1, 0.15) is 12.2 Å². The second-order valence-corrected chi connectivity index (χ2v) is 13.0. The molecule has 0 aromatic heterocycles. The molecule has 1 aliphatic carbocycles. The lowest BCUT2D eigenvalue weighted by Gasteiger charge is -2.68. The maximum Gasteiger partial charge on any atom is 0.407 e. The van der Waals surface area contributed by atoms with E-state index in [-0.39, 0.29) is 67.6 Å². The monoisotopic (exact) mass is 546 g/mol. The van der Waals surface area contributed by atoms with Crippen molar-refractivity contribution in [2.24, 2.45) is 21.7 Å². The van der Waals surface area contributed by atoms with Gasteiger partial charge in [0.25, 0.3) is 0 Å². The van der Waals surface area contributed by atoms with Crippen molar-refractivity contribution in [1.29, 1.82) is 0 Å². The Kier molecular flexibility index (Phi) is 14.4. The molecule has 8 nitrogen and oxygen atoms in total. The molecular formula is C30H62N2O6. The molecule has 1 rings (SSSR count). The number of amides is 2. The van der Waals surface area contributed by atoms with Crippen LogP contribution in [0.4, 0.5) is 9.59 Å². The van der Waals surface area contributed by atoms with Crippen molar-refractivity contribution < 1.29 is 28.5 Å². The second kappa shape index (κ2) is 14.2. The molecule has 0 aromatic rings. The maximum atomic E-state index is 13.0. The van der Waals surface area contributed by atoms with Crippen LogP contribution in [0.25, 0.3) is 0 Å². The van der Waals surface area contributed by atoms with Gasteiger partial charge >= 0.3 is 12.2 Å². The van der Waals surface area contributed by atoms with Crippen molar-refractivity contribution in [3.63, 3.8) is 0 Å². The lowest BCUT2D eigenvalue weighted by Crippen LogP contribution is -2.75. The first-order chi connectivity index (χ1) is 16.2. The first-order valence-electron chi connectivity index (χ1n) is 13.3. The summed E-state index contributed by atoms with van der Waals surface area (Å²) < 4.78 is 22.0. The minimum atomic E-state index is -0.521. The smallest absolute Gasteiger partial charge is 0.407 e. The molecule has 1 aliphatic rings. The predicted molar refractivity (Wildman–Crippen MR) is 156 cm³/mol. The lowest BCUT2D eigenvalue weighted by atomic mass is 9.40. The van der Waals surface area contributed by atoms with Crippen molar-refractivity contribution in [3.8, 4) is 0 Å². The number of methoxy groups -OCH3 is 2. The van der Waals surface area contributed by atoms with E-state index >= 15 is 0 Å². The lowest BCUT2D eigenvalue weighted by molar-refractivity contribution is -0.162. The zero-order valence-corrected chi connectivity index (χ0v) is 25.3. The molecule has 38 heavy (non-hydrogen) atoms. The van der Waals surface area contributed by atoms with E-state index in [4.69, 9.17) is 18.9 Å². The van der Waals surface area contributed by atoms with Crippen LogP contribution >= 0.6 is 0 Å². The van der Waals surface area contributed by atoms with Gasteiger partial charge in [0.15, 0.2) is 0 Å². The number of nitrogens with one attached hydrogen (secondary N) is 2. The molecule has 0 radical (unpaired) electrons. The van der Waals surface area contributed by atoms with Crippen molar-refractivity contribution in [2.75, 3.05) is 14.2 Å². The highest BCUT2D eigenvalue weighted by molar-refractivity contribution is 5.69. The fourth-order valence-corrected chi connectivity index (χ4v) is 6.20. The van der Waals surface area contributed by atoms with Crippen LogP contribution in [-0.4, -0.2) is 62.9 Å². The molecule has 2 N–H and O–H groups in total. The minimum absolute atomic E-state index is 0. The Morgan fingerprint density at radius 3 is 1.18 bits per heavy atom. The molecule has 0 spiro atoms. The summed E-state index contributed by atoms with van der Waals surface area (Å²) in [5, 5.41) is 6.36. The van der Waals surface area contributed by atoms with Crippen LogP contribution in [0.1, 0.15) is 111 Å². The normalized spacial score (nSPS) is 25.7. The third-order valence-electron chi connectivity index (χ3n) is 9.43. The van der Waals surface area contributed by atoms with E-state index in [0.29, 0.717) is 12.8 Å². The summed E-state index contributed by atoms with van der Waals surface area (Å²) >= 11 is 0. The molecule has 1 saturated carbocycles. The first-order valence-corrected chi connectivity index (χ1v) is 13.3. The zero-order chi connectivity index (χ0) is 28.3. The van der Waals surface area contributed by atoms with Gasteiger partial charge in [-0.05, 0) is 43.9 Å². The van der Waals surface area contributed by atoms with Gasteiger partial charge in [-0.3, -0.25) is 0 Å². The highest BCUT2D eigenvalue weighted by Crippen LogP contribution is 2.64. The molecule has 6 unspecified atom stereocenters. The van der Waals surface area contributed by atoms with Gasteiger partial charge in [0.05, 0.1) is 12.2 Å². The largest absolute Gasteiger partial charge is 0.446 e. The van der Waals surface area contributed by atoms with Gasteiger partial charge in [-0.15, -0.1) is 0 Å². The van der Waals surface area contributed by atoms with E-state index in [9.17, 15) is 9.59 Å². The number of ether oxygens (including phenoxy) is 4. The van der Waals surface area contributed by atoms with Gasteiger partial charge in [-0.1, -0.05) is 70.2 Å². The topological polar surface area (TPSA) is 95.1 Å². The van der Waals surface area contributed by atoms with E-state index in [1.165, 1.54) is 0 Å². The maximum absolute atomic E-state index is 13.0. The van der Waals surface area contributed by atoms with Crippen LogP contribution in [0.5, 0.6) is 0 Å². The number of hydrogen-bond donors (Lipinski definition) is 2. The molecular weight excluding hydrogens is 484 g/mol. The van der Waals surface area contributed by atoms with Gasteiger partial charge in [-0.2, -0.15) is 0 Å². The van der Waals surface area contributed by atoms with E-state index in [2.05, 4.69) is 66.0 Å². The fourth-order valence-electron chi connectivity index (χ4n) is 6.20. The number of carbonyl (C=O) groups excluding carboxylic acids is 2. The Bertz CT molecular complexity index is 691. The Hall–Kier alpha value is -1.54. The summed E-state index contributed by atoms with van der Waals surface area (Å²) in [6.45, 7) is 24.9. The first kappa shape index (κ1) is 38.6. The third-order valence-corrected chi connectivity index (χ3v) is 9.43. The van der Waals surface area contributed by atoms with E-state index in [1.54, 1.807) is 14.2 Å². The van der Waals surface area contributed by atoms with Gasteiger partial charge < -0.3 is 29.6 Å². The summed E-state index contributed by atoms with van der Waals surface area (Å²) in [6.07, 6.45) is -0.316. The Morgan fingerprint density at radius 2 is 0.921 bits per heavy atom. The van der Waals surface area contributed by atoms with Crippen LogP contribution < -0.4 is 10.6 Å². The molecule has 8 heteroatoms. The van der Waals surface area contributed by atoms with Gasteiger partial charge in [0, 0.05) is 44.6 Å². The van der Waals surface area contributed by atoms with Crippen LogP contribution in [-0.2, 0) is 18.9 Å². The van der Waals surface area contributed by atoms with E-state index in [1.807, 2.05) is 27.7 Å². The Balaban J connectivity index is 0. The van der Waals surface area contributed by atoms with Crippen molar-refractivity contribution >= 4 is 12.2 Å². The van der Waals surface area contributed by atoms with Crippen LogP contribution in [0, 0.1) is 21.7 Å². The molecule has 0 aliphatic heterocycles. The molecule has 0 saturated heterocycles. The fraction of sp³-hybridized carbons (Fsp3) is 0.933. The summed E-state index contributed by atoms with van der Waals surface area (Å²) in [5.74, 6) is 0. The number of carbonyl (C=O) groups is 2. The van der Waals surface area contributed by atoms with Crippen LogP contribution in [0.15, 0.2) is 0 Å². The Labute approximate surface area is 234 Å². The second-order valence-electron chi connectivity index (χ2n) is 13.0. The molecule has 228 valence electrons. The predicted octanol–water partition coefficient (Wildman–Crippen LogP) is 7.19. The quantitative estimate of drug-likeness (QED) is 0.301. The summed E-state index contributed by atoms with van der Waals surface area (Å²) in [5.41, 5.74) is -1.46. The zero-order valence-electron chi connectivity index (χ0n) is 25.3. The third kappa shape index (κ3) is 8.23. The highest BCUT2D eigenvalue weighted by atomic mass is 16.6. The summed E-state index contributed by atoms with van der Waals surface area (Å²) in [7, 11) is 3.29. The molecule has 6 atom stereocenters. The van der Waals surface area contributed by atoms with Crippen molar-refractivity contribution in [1.82, 2.24) is 10.6 Å². The molecule has 2 amide bonds. The van der Waals surface area contributed by atoms with E-state index in [0.717, 1.165) is 0 Å². The average molecular weight is 547 g/mol. The summed E-state index contributed by atoms with van der Waals surface area (Å²) in [4.78, 5) is 26.1. The standard InChI is InChI=1S/C28H54N2O6.2CH4/c1-17(33-13)15-19(3)35-23(31)29-21-25(5,6)22(27(9,10)28(11,12)26(21,7)8)30-24(32)36-20(4)16-18(2)34-14;;/h17-22H,15-16H2,1-14H3,(H,29,31)(H,30,32);2*1H4. The molecule has 0 heterocycles. The van der Waals surface area contributed by atoms with Crippen molar-refractivity contribution in [2.45, 2.75) is 147 Å². The SMILES string of the molecule is C.C.COC(C)CC(C)OC(=O)NC1C(C)(C)C(NC(=O)OC(C)CC(C)OC)C(C)(C)C(C)(C)C1(C)C. The Morgan fingerprint density at radius 1 is 0.632 bits per heavy atom.